The number of likely N-dealkylation sites (tertiary alicyclic amines) is 1. The first-order valence-electron chi connectivity index (χ1n) is 9.79. The third-order valence-electron chi connectivity index (χ3n) is 4.93. The molecule has 1 aliphatic heterocycles. The predicted octanol–water partition coefficient (Wildman–Crippen LogP) is 3.63. The van der Waals surface area contributed by atoms with E-state index in [9.17, 15) is 13.2 Å². The van der Waals surface area contributed by atoms with Crippen LogP contribution < -0.4 is 10.0 Å². The van der Waals surface area contributed by atoms with E-state index in [2.05, 4.69) is 14.9 Å². The minimum atomic E-state index is -3.61. The SMILES string of the molecule is O=C(CCN1CCCCC1)Nc1ccc(CNS(=O)(=O)c2ccc(Cl)cc2)cc1. The number of carbonyl (C=O) groups excluding carboxylic acids is 1. The molecule has 3 rings (SSSR count). The standard InChI is InChI=1S/C21H26ClN3O3S/c22-18-6-10-20(11-7-18)29(27,28)23-16-17-4-8-19(9-5-17)24-21(26)12-15-25-13-2-1-3-14-25/h4-11,23H,1-3,12-16H2,(H,24,26). The number of hydrogen-bond acceptors (Lipinski definition) is 4. The van der Waals surface area contributed by atoms with Gasteiger partial charge in [0.25, 0.3) is 0 Å². The van der Waals surface area contributed by atoms with Crippen LogP contribution >= 0.6 is 11.6 Å². The van der Waals surface area contributed by atoms with Crippen LogP contribution in [0.1, 0.15) is 31.2 Å². The Morgan fingerprint density at radius 1 is 0.966 bits per heavy atom. The summed E-state index contributed by atoms with van der Waals surface area (Å²) >= 11 is 5.80. The van der Waals surface area contributed by atoms with Gasteiger partial charge in [0.1, 0.15) is 0 Å². The molecule has 2 aromatic carbocycles. The van der Waals surface area contributed by atoms with Crippen LogP contribution in [0.4, 0.5) is 5.69 Å². The molecule has 2 aromatic rings. The van der Waals surface area contributed by atoms with E-state index in [1.165, 1.54) is 31.4 Å². The largest absolute Gasteiger partial charge is 0.326 e. The second kappa shape index (κ2) is 10.2. The quantitative estimate of drug-likeness (QED) is 0.663. The van der Waals surface area contributed by atoms with Gasteiger partial charge in [-0.2, -0.15) is 0 Å². The summed E-state index contributed by atoms with van der Waals surface area (Å²) < 4.78 is 27.2. The van der Waals surface area contributed by atoms with Crippen LogP contribution in [0.5, 0.6) is 0 Å². The summed E-state index contributed by atoms with van der Waals surface area (Å²) in [5.41, 5.74) is 1.51. The zero-order valence-electron chi connectivity index (χ0n) is 16.2. The monoisotopic (exact) mass is 435 g/mol. The van der Waals surface area contributed by atoms with Crippen LogP contribution in [-0.4, -0.2) is 38.9 Å². The number of piperidine rings is 1. The van der Waals surface area contributed by atoms with Crippen molar-refractivity contribution < 1.29 is 13.2 Å². The Bertz CT molecular complexity index is 909. The van der Waals surface area contributed by atoms with Crippen molar-refractivity contribution in [1.82, 2.24) is 9.62 Å². The number of hydrogen-bond donors (Lipinski definition) is 2. The van der Waals surface area contributed by atoms with Gasteiger partial charge in [-0.1, -0.05) is 30.2 Å². The maximum absolute atomic E-state index is 12.3. The average molecular weight is 436 g/mol. The fourth-order valence-corrected chi connectivity index (χ4v) is 4.39. The minimum absolute atomic E-state index is 0.00763. The summed E-state index contributed by atoms with van der Waals surface area (Å²) in [4.78, 5) is 14.6. The van der Waals surface area contributed by atoms with Crippen molar-refractivity contribution in [2.75, 3.05) is 25.0 Å². The zero-order chi connectivity index (χ0) is 20.7. The van der Waals surface area contributed by atoms with Crippen LogP contribution in [0, 0.1) is 0 Å². The first-order valence-corrected chi connectivity index (χ1v) is 11.6. The molecule has 1 aliphatic rings. The number of benzene rings is 2. The number of halogens is 1. The topological polar surface area (TPSA) is 78.5 Å². The van der Waals surface area contributed by atoms with Crippen LogP contribution in [-0.2, 0) is 21.4 Å². The van der Waals surface area contributed by atoms with Crippen molar-refractivity contribution in [2.45, 2.75) is 37.1 Å². The van der Waals surface area contributed by atoms with E-state index >= 15 is 0 Å². The van der Waals surface area contributed by atoms with E-state index < -0.39 is 10.0 Å². The van der Waals surface area contributed by atoms with Crippen LogP contribution in [0.2, 0.25) is 5.02 Å². The van der Waals surface area contributed by atoms with Gasteiger partial charge in [-0.15, -0.1) is 0 Å². The molecule has 0 bridgehead atoms. The summed E-state index contributed by atoms with van der Waals surface area (Å²) in [5.74, 6) is -0.00763. The van der Waals surface area contributed by atoms with Gasteiger partial charge >= 0.3 is 0 Å². The molecule has 1 fully saturated rings. The van der Waals surface area contributed by atoms with E-state index in [-0.39, 0.29) is 17.3 Å². The average Bonchev–Trinajstić information content (AvgIpc) is 2.73. The van der Waals surface area contributed by atoms with Crippen molar-refractivity contribution in [2.24, 2.45) is 0 Å². The van der Waals surface area contributed by atoms with Gasteiger partial charge in [-0.05, 0) is 67.9 Å². The van der Waals surface area contributed by atoms with Gasteiger partial charge in [0.05, 0.1) is 4.90 Å². The summed E-state index contributed by atoms with van der Waals surface area (Å²) in [7, 11) is -3.61. The molecule has 0 spiro atoms. The summed E-state index contributed by atoms with van der Waals surface area (Å²) in [5, 5.41) is 3.38. The third-order valence-corrected chi connectivity index (χ3v) is 6.60. The van der Waals surface area contributed by atoms with Gasteiger partial charge in [-0.3, -0.25) is 4.79 Å². The number of carbonyl (C=O) groups is 1. The Morgan fingerprint density at radius 3 is 2.28 bits per heavy atom. The Morgan fingerprint density at radius 2 is 1.62 bits per heavy atom. The highest BCUT2D eigenvalue weighted by molar-refractivity contribution is 7.89. The van der Waals surface area contributed by atoms with Crippen molar-refractivity contribution in [3.8, 4) is 0 Å². The Kier molecular flexibility index (Phi) is 7.66. The van der Waals surface area contributed by atoms with Crippen molar-refractivity contribution in [3.63, 3.8) is 0 Å². The highest BCUT2D eigenvalue weighted by Gasteiger charge is 2.14. The third kappa shape index (κ3) is 6.82. The Hall–Kier alpha value is -1.93. The lowest BCUT2D eigenvalue weighted by Gasteiger charge is -2.25. The lowest BCUT2D eigenvalue weighted by atomic mass is 10.1. The van der Waals surface area contributed by atoms with Crippen molar-refractivity contribution >= 4 is 33.2 Å². The number of nitrogens with one attached hydrogen (secondary N) is 2. The summed E-state index contributed by atoms with van der Waals surface area (Å²) in [6.45, 7) is 3.10. The molecule has 1 amide bonds. The molecule has 0 unspecified atom stereocenters. The van der Waals surface area contributed by atoms with E-state index in [1.807, 2.05) is 0 Å². The van der Waals surface area contributed by atoms with Gasteiger partial charge in [0.15, 0.2) is 0 Å². The molecular formula is C21H26ClN3O3S. The number of rotatable bonds is 8. The van der Waals surface area contributed by atoms with E-state index in [0.717, 1.165) is 25.2 Å². The fourth-order valence-electron chi connectivity index (χ4n) is 3.25. The normalized spacial score (nSPS) is 15.2. The predicted molar refractivity (Wildman–Crippen MR) is 115 cm³/mol. The molecule has 0 aliphatic carbocycles. The molecule has 156 valence electrons. The maximum atomic E-state index is 12.3. The number of anilines is 1. The molecule has 8 heteroatoms. The minimum Gasteiger partial charge on any atom is -0.326 e. The van der Waals surface area contributed by atoms with E-state index in [0.29, 0.717) is 17.1 Å². The lowest BCUT2D eigenvalue weighted by Crippen LogP contribution is -2.32. The number of sulfonamides is 1. The molecule has 0 radical (unpaired) electrons. The summed E-state index contributed by atoms with van der Waals surface area (Å²) in [6.07, 6.45) is 4.18. The smallest absolute Gasteiger partial charge is 0.240 e. The number of amides is 1. The second-order valence-corrected chi connectivity index (χ2v) is 9.38. The maximum Gasteiger partial charge on any atom is 0.240 e. The van der Waals surface area contributed by atoms with E-state index in [4.69, 9.17) is 11.6 Å². The van der Waals surface area contributed by atoms with Crippen molar-refractivity contribution in [3.05, 3.63) is 59.1 Å². The van der Waals surface area contributed by atoms with Gasteiger partial charge in [0.2, 0.25) is 15.9 Å². The Balaban J connectivity index is 1.46. The molecule has 2 N–H and O–H groups in total. The molecular weight excluding hydrogens is 410 g/mol. The number of nitrogens with zero attached hydrogens (tertiary/aromatic N) is 1. The van der Waals surface area contributed by atoms with E-state index in [1.54, 1.807) is 36.4 Å². The molecule has 29 heavy (non-hydrogen) atoms. The molecule has 0 saturated carbocycles. The lowest BCUT2D eigenvalue weighted by molar-refractivity contribution is -0.116. The molecule has 0 atom stereocenters. The molecule has 6 nitrogen and oxygen atoms in total. The van der Waals surface area contributed by atoms with Gasteiger partial charge < -0.3 is 10.2 Å². The first kappa shape index (κ1) is 21.8. The zero-order valence-corrected chi connectivity index (χ0v) is 17.8. The first-order chi connectivity index (χ1) is 13.9. The fraction of sp³-hybridized carbons (Fsp3) is 0.381. The van der Waals surface area contributed by atoms with Crippen LogP contribution in [0.3, 0.4) is 0 Å². The Labute approximate surface area is 177 Å². The molecule has 0 aromatic heterocycles. The second-order valence-electron chi connectivity index (χ2n) is 7.18. The summed E-state index contributed by atoms with van der Waals surface area (Å²) in [6, 6.07) is 13.2. The highest BCUT2D eigenvalue weighted by Crippen LogP contribution is 2.15. The van der Waals surface area contributed by atoms with Crippen molar-refractivity contribution in [1.29, 1.82) is 0 Å². The van der Waals surface area contributed by atoms with Gasteiger partial charge in [0, 0.05) is 30.2 Å². The van der Waals surface area contributed by atoms with Gasteiger partial charge in [-0.25, -0.2) is 13.1 Å². The molecule has 1 heterocycles. The highest BCUT2D eigenvalue weighted by atomic mass is 35.5. The van der Waals surface area contributed by atoms with Crippen LogP contribution in [0.25, 0.3) is 0 Å². The molecule has 1 saturated heterocycles. The van der Waals surface area contributed by atoms with Crippen LogP contribution in [0.15, 0.2) is 53.4 Å².